The van der Waals surface area contributed by atoms with Gasteiger partial charge in [0.15, 0.2) is 5.82 Å². The van der Waals surface area contributed by atoms with Gasteiger partial charge in [-0.3, -0.25) is 9.56 Å². The van der Waals surface area contributed by atoms with Crippen molar-refractivity contribution in [2.45, 2.75) is 6.42 Å². The molecule has 1 fully saturated rings. The molecule has 2 bridgehead atoms. The molecule has 3 aliphatic rings. The second kappa shape index (κ2) is 3.92. The molecule has 2 aliphatic carbocycles. The molecule has 5 rings (SSSR count). The van der Waals surface area contributed by atoms with Crippen LogP contribution in [0.1, 0.15) is 17.8 Å². The third kappa shape index (κ3) is 1.40. The predicted octanol–water partition coefficient (Wildman–Crippen LogP) is 3.34. The molecular weight excluding hydrogens is 272 g/mol. The summed E-state index contributed by atoms with van der Waals surface area (Å²) >= 11 is 0. The summed E-state index contributed by atoms with van der Waals surface area (Å²) in [6.45, 7) is 0. The van der Waals surface area contributed by atoms with Gasteiger partial charge in [0.1, 0.15) is 0 Å². The minimum absolute atomic E-state index is 0.637. The van der Waals surface area contributed by atoms with E-state index in [-0.39, 0.29) is 0 Å². The number of nitrogens with zero attached hydrogens (tertiary/aromatic N) is 4. The molecule has 1 aromatic heterocycles. The van der Waals surface area contributed by atoms with Crippen LogP contribution < -0.4 is 0 Å². The highest BCUT2D eigenvalue weighted by Crippen LogP contribution is 2.45. The Hall–Kier alpha value is -3.19. The Labute approximate surface area is 126 Å². The minimum atomic E-state index is 0.637. The first-order valence-corrected chi connectivity index (χ1v) is 7.11. The van der Waals surface area contributed by atoms with Crippen LogP contribution in [0.4, 0.5) is 0 Å². The van der Waals surface area contributed by atoms with Crippen LogP contribution in [0.5, 0.6) is 0 Å². The Morgan fingerprint density at radius 1 is 1.14 bits per heavy atom. The van der Waals surface area contributed by atoms with E-state index >= 15 is 0 Å². The summed E-state index contributed by atoms with van der Waals surface area (Å²) in [7, 11) is 0. The fourth-order valence-corrected chi connectivity index (χ4v) is 3.26. The topological polar surface area (TPSA) is 54.0 Å². The van der Waals surface area contributed by atoms with E-state index in [9.17, 15) is 0 Å². The van der Waals surface area contributed by atoms with Gasteiger partial charge in [-0.25, -0.2) is 4.98 Å². The van der Waals surface area contributed by atoms with E-state index in [0.717, 1.165) is 23.3 Å². The average Bonchev–Trinajstić information content (AvgIpc) is 3.19. The van der Waals surface area contributed by atoms with Crippen molar-refractivity contribution in [3.63, 3.8) is 0 Å². The van der Waals surface area contributed by atoms with Gasteiger partial charge in [0.2, 0.25) is 0 Å². The number of hydrogen-bond acceptors (Lipinski definition) is 3. The number of fused-ring (bicyclic) bond motifs is 8. The van der Waals surface area contributed by atoms with Gasteiger partial charge >= 0.3 is 0 Å². The predicted molar refractivity (Wildman–Crippen MR) is 85.2 cm³/mol. The Bertz CT molecular complexity index is 1050. The molecule has 4 nitrogen and oxygen atoms in total. The number of hydrogen-bond donors (Lipinski definition) is 0. The van der Waals surface area contributed by atoms with E-state index in [4.69, 9.17) is 5.26 Å². The van der Waals surface area contributed by atoms with Crippen LogP contribution in [0.15, 0.2) is 63.8 Å². The summed E-state index contributed by atoms with van der Waals surface area (Å²) in [4.78, 5) is 9.03. The highest BCUT2D eigenvalue weighted by atomic mass is 15.1. The number of allylic oxidation sites excluding steroid dienone is 6. The molecule has 0 N–H and O–H groups in total. The Morgan fingerprint density at radius 2 is 2.00 bits per heavy atom. The van der Waals surface area contributed by atoms with Gasteiger partial charge in [-0.05, 0) is 35.8 Å². The molecule has 0 saturated heterocycles. The molecule has 102 valence electrons. The summed E-state index contributed by atoms with van der Waals surface area (Å²) in [5.74, 6) is 0.783. The van der Waals surface area contributed by atoms with E-state index < -0.39 is 0 Å². The summed E-state index contributed by atoms with van der Waals surface area (Å²) in [6.07, 6.45) is 11.1. The van der Waals surface area contributed by atoms with E-state index in [1.807, 2.05) is 22.9 Å². The third-order valence-corrected chi connectivity index (χ3v) is 4.35. The van der Waals surface area contributed by atoms with Gasteiger partial charge < -0.3 is 0 Å². The van der Waals surface area contributed by atoms with Crippen LogP contribution in [0.25, 0.3) is 17.2 Å². The maximum absolute atomic E-state index is 9.13. The van der Waals surface area contributed by atoms with Gasteiger partial charge in [0.05, 0.1) is 28.9 Å². The normalized spacial score (nSPS) is 24.0. The van der Waals surface area contributed by atoms with Crippen LogP contribution >= 0.6 is 0 Å². The maximum Gasteiger partial charge on any atom is 0.156 e. The second-order valence-electron chi connectivity index (χ2n) is 5.58. The van der Waals surface area contributed by atoms with Crippen molar-refractivity contribution < 1.29 is 0 Å². The fourth-order valence-electron chi connectivity index (χ4n) is 3.26. The zero-order chi connectivity index (χ0) is 14.7. The molecular formula is C18H10N4. The molecule has 1 aromatic carbocycles. The molecule has 0 atom stereocenters. The number of aromatic nitrogens is 2. The Morgan fingerprint density at radius 3 is 2.86 bits per heavy atom. The number of imidazole rings is 1. The lowest BCUT2D eigenvalue weighted by atomic mass is 10.0. The standard InChI is InChI=1S/C18H10N4/c19-7-11-1-4-16-17(5-11)22-10-15-13-3-2-12(6-13)14(15)8-20-9-18(22)21-16/h1-5,8-10H,6H2/b14-8-,15-10-,20-9-. The monoisotopic (exact) mass is 282 g/mol. The summed E-state index contributed by atoms with van der Waals surface area (Å²) in [5.41, 5.74) is 7.49. The lowest BCUT2D eigenvalue weighted by molar-refractivity contribution is 1.13. The molecule has 2 aromatic rings. The average molecular weight is 282 g/mol. The lowest BCUT2D eigenvalue weighted by Gasteiger charge is -2.10. The van der Waals surface area contributed by atoms with Crippen LogP contribution in [-0.4, -0.2) is 15.8 Å². The van der Waals surface area contributed by atoms with Crippen LogP contribution in [0.2, 0.25) is 0 Å². The smallest absolute Gasteiger partial charge is 0.156 e. The summed E-state index contributed by atoms with van der Waals surface area (Å²) in [6, 6.07) is 7.74. The molecule has 0 unspecified atom stereocenters. The van der Waals surface area contributed by atoms with Crippen molar-refractivity contribution in [2.24, 2.45) is 4.99 Å². The van der Waals surface area contributed by atoms with E-state index in [1.54, 1.807) is 12.3 Å². The van der Waals surface area contributed by atoms with Crippen LogP contribution in [-0.2, 0) is 0 Å². The molecule has 0 radical (unpaired) electrons. The summed E-state index contributed by atoms with van der Waals surface area (Å²) < 4.78 is 2.03. The molecule has 1 saturated carbocycles. The maximum atomic E-state index is 9.13. The van der Waals surface area contributed by atoms with Crippen molar-refractivity contribution in [3.05, 3.63) is 70.2 Å². The Kier molecular flexibility index (Phi) is 2.05. The fraction of sp³-hybridized carbons (Fsp3) is 0.0556. The van der Waals surface area contributed by atoms with Gasteiger partial charge in [0, 0.05) is 23.5 Å². The highest BCUT2D eigenvalue weighted by molar-refractivity contribution is 5.90. The number of aliphatic imine (C=N–C) groups is 1. The molecule has 4 heteroatoms. The van der Waals surface area contributed by atoms with E-state index in [0.29, 0.717) is 5.56 Å². The van der Waals surface area contributed by atoms with E-state index in [2.05, 4.69) is 34.4 Å². The number of nitriles is 1. The first-order chi connectivity index (χ1) is 10.8. The lowest BCUT2D eigenvalue weighted by Crippen LogP contribution is -2.00. The largest absolute Gasteiger partial charge is 0.298 e. The first-order valence-electron chi connectivity index (χ1n) is 7.11. The van der Waals surface area contributed by atoms with Gasteiger partial charge in [-0.15, -0.1) is 0 Å². The SMILES string of the molecule is N#Cc1ccc2nc3n(c2c1)/C=C1/C2=CC=C(C2)/C1=C/N=C\3. The summed E-state index contributed by atoms with van der Waals surface area (Å²) in [5, 5.41) is 9.13. The molecule has 22 heavy (non-hydrogen) atoms. The van der Waals surface area contributed by atoms with Crippen LogP contribution in [0, 0.1) is 11.3 Å². The van der Waals surface area contributed by atoms with Crippen molar-refractivity contribution in [1.29, 1.82) is 5.26 Å². The van der Waals surface area contributed by atoms with Gasteiger partial charge in [-0.1, -0.05) is 12.2 Å². The van der Waals surface area contributed by atoms with Crippen molar-refractivity contribution in [3.8, 4) is 6.07 Å². The molecule has 2 heterocycles. The van der Waals surface area contributed by atoms with Gasteiger partial charge in [0.25, 0.3) is 0 Å². The zero-order valence-corrected chi connectivity index (χ0v) is 11.6. The molecule has 0 spiro atoms. The van der Waals surface area contributed by atoms with E-state index in [1.165, 1.54) is 22.3 Å². The number of rotatable bonds is 0. The quantitative estimate of drug-likeness (QED) is 0.744. The minimum Gasteiger partial charge on any atom is -0.298 e. The first kappa shape index (κ1) is 11.5. The third-order valence-electron chi connectivity index (χ3n) is 4.35. The van der Waals surface area contributed by atoms with Crippen molar-refractivity contribution in [1.82, 2.24) is 9.55 Å². The molecule has 0 amide bonds. The van der Waals surface area contributed by atoms with Crippen molar-refractivity contribution in [2.75, 3.05) is 0 Å². The van der Waals surface area contributed by atoms with Crippen molar-refractivity contribution >= 4 is 23.4 Å². The second-order valence-corrected chi connectivity index (χ2v) is 5.58. The number of benzene rings is 1. The molecule has 1 aliphatic heterocycles. The van der Waals surface area contributed by atoms with Gasteiger partial charge in [-0.2, -0.15) is 5.26 Å². The zero-order valence-electron chi connectivity index (χ0n) is 11.6. The van der Waals surface area contributed by atoms with Crippen LogP contribution in [0.3, 0.4) is 0 Å². The Balaban J connectivity index is 1.83. The highest BCUT2D eigenvalue weighted by Gasteiger charge is 2.28.